The van der Waals surface area contributed by atoms with Crippen LogP contribution in [0.1, 0.15) is 11.3 Å². The van der Waals surface area contributed by atoms with Crippen LogP contribution in [0.2, 0.25) is 10.0 Å². The van der Waals surface area contributed by atoms with Gasteiger partial charge in [-0.15, -0.1) is 10.2 Å². The van der Waals surface area contributed by atoms with Gasteiger partial charge in [-0.3, -0.25) is 0 Å². The van der Waals surface area contributed by atoms with E-state index in [1.807, 2.05) is 0 Å². The van der Waals surface area contributed by atoms with Crippen molar-refractivity contribution < 1.29 is 14.3 Å². The van der Waals surface area contributed by atoms with E-state index in [4.69, 9.17) is 27.6 Å². The molecule has 3 rings (SSSR count). The fourth-order valence-corrected chi connectivity index (χ4v) is 3.07. The first-order valence-electron chi connectivity index (χ1n) is 7.28. The van der Waals surface area contributed by atoms with Crippen molar-refractivity contribution in [3.8, 4) is 11.4 Å². The molecule has 0 fully saturated rings. The molecule has 2 heterocycles. The van der Waals surface area contributed by atoms with Gasteiger partial charge in [-0.25, -0.2) is 0 Å². The lowest BCUT2D eigenvalue weighted by molar-refractivity contribution is -0.301. The first-order valence-corrected chi connectivity index (χ1v) is 9.02. The number of rotatable bonds is 6. The zero-order valence-electron chi connectivity index (χ0n) is 13.3. The van der Waals surface area contributed by atoms with Crippen LogP contribution in [0.5, 0.6) is 0 Å². The predicted octanol–water partition coefficient (Wildman–Crippen LogP) is 2.88. The molecule has 0 spiro atoms. The van der Waals surface area contributed by atoms with E-state index in [1.54, 1.807) is 31.2 Å². The second kappa shape index (κ2) is 7.94. The molecule has 3 aromatic rings. The van der Waals surface area contributed by atoms with Gasteiger partial charge in [0.2, 0.25) is 5.16 Å². The molecule has 0 bridgehead atoms. The van der Waals surface area contributed by atoms with Crippen molar-refractivity contribution in [2.75, 3.05) is 5.75 Å². The summed E-state index contributed by atoms with van der Waals surface area (Å²) in [5, 5.41) is 24.3. The molecule has 26 heavy (non-hydrogen) atoms. The molecule has 2 aromatic heterocycles. The number of furan rings is 1. The van der Waals surface area contributed by atoms with Crippen molar-refractivity contribution >= 4 is 47.1 Å². The van der Waals surface area contributed by atoms with Crippen molar-refractivity contribution in [1.82, 2.24) is 14.9 Å². The number of carbonyl (C=O) groups excluding carboxylic acids is 1. The largest absolute Gasteiger partial charge is 0.549 e. The molecule has 10 heteroatoms. The normalized spacial score (nSPS) is 11.3. The number of carboxylic acids is 1. The maximum atomic E-state index is 10.8. The van der Waals surface area contributed by atoms with Crippen LogP contribution in [-0.2, 0) is 4.79 Å². The molecular formula is C16H11Cl2N4O3S-. The molecule has 0 radical (unpaired) electrons. The summed E-state index contributed by atoms with van der Waals surface area (Å²) >= 11 is 13.1. The Kier molecular flexibility index (Phi) is 5.65. The molecule has 0 aliphatic rings. The van der Waals surface area contributed by atoms with Crippen LogP contribution in [0.25, 0.3) is 11.4 Å². The molecule has 0 aliphatic heterocycles. The van der Waals surface area contributed by atoms with Gasteiger partial charge in [0.25, 0.3) is 0 Å². The monoisotopic (exact) mass is 409 g/mol. The number of hydrogen-bond donors (Lipinski definition) is 0. The lowest BCUT2D eigenvalue weighted by atomic mass is 10.2. The molecule has 134 valence electrons. The van der Waals surface area contributed by atoms with Gasteiger partial charge in [-0.05, 0) is 19.1 Å². The van der Waals surface area contributed by atoms with E-state index in [0.29, 0.717) is 37.9 Å². The molecule has 0 aliphatic carbocycles. The molecule has 0 N–H and O–H groups in total. The Balaban J connectivity index is 2.03. The van der Waals surface area contributed by atoms with Crippen LogP contribution in [-0.4, -0.2) is 32.8 Å². The number of aliphatic carboxylic acids is 1. The lowest BCUT2D eigenvalue weighted by Crippen LogP contribution is -2.24. The highest BCUT2D eigenvalue weighted by atomic mass is 35.5. The topological polar surface area (TPSA) is 96.3 Å². The van der Waals surface area contributed by atoms with Crippen LogP contribution >= 0.6 is 35.0 Å². The molecule has 0 saturated carbocycles. The van der Waals surface area contributed by atoms with E-state index in [1.165, 1.54) is 17.2 Å². The van der Waals surface area contributed by atoms with E-state index in [9.17, 15) is 9.90 Å². The molecule has 7 nitrogen and oxygen atoms in total. The van der Waals surface area contributed by atoms with Gasteiger partial charge >= 0.3 is 0 Å². The summed E-state index contributed by atoms with van der Waals surface area (Å²) in [5.74, 6) is -0.458. The van der Waals surface area contributed by atoms with Crippen molar-refractivity contribution in [2.45, 2.75) is 12.1 Å². The SMILES string of the molecule is Cc1occc1-c1nnc(SCC(=O)[O-])n1/N=C\c1cccc(Cl)c1Cl. The second-order valence-corrected chi connectivity index (χ2v) is 6.78. The van der Waals surface area contributed by atoms with Gasteiger partial charge in [0, 0.05) is 11.3 Å². The fraction of sp³-hybridized carbons (Fsp3) is 0.125. The highest BCUT2D eigenvalue weighted by Gasteiger charge is 2.17. The lowest BCUT2D eigenvalue weighted by Gasteiger charge is -2.05. The van der Waals surface area contributed by atoms with Gasteiger partial charge in [0.05, 0.1) is 34.1 Å². The number of aromatic nitrogens is 3. The average Bonchev–Trinajstić information content (AvgIpc) is 3.19. The highest BCUT2D eigenvalue weighted by molar-refractivity contribution is 7.99. The van der Waals surface area contributed by atoms with Gasteiger partial charge in [0.1, 0.15) is 5.76 Å². The third kappa shape index (κ3) is 3.92. The third-order valence-corrected chi connectivity index (χ3v) is 5.05. The Morgan fingerprint density at radius 3 is 2.88 bits per heavy atom. The highest BCUT2D eigenvalue weighted by Crippen LogP contribution is 2.28. The van der Waals surface area contributed by atoms with Crippen molar-refractivity contribution in [2.24, 2.45) is 5.10 Å². The summed E-state index contributed by atoms with van der Waals surface area (Å²) in [5.41, 5.74) is 1.28. The van der Waals surface area contributed by atoms with Gasteiger partial charge in [-0.2, -0.15) is 9.78 Å². The summed E-state index contributed by atoms with van der Waals surface area (Å²) in [7, 11) is 0. The number of benzene rings is 1. The minimum atomic E-state index is -1.22. The number of carbonyl (C=O) groups is 1. The zero-order chi connectivity index (χ0) is 18.7. The van der Waals surface area contributed by atoms with E-state index < -0.39 is 5.97 Å². The van der Waals surface area contributed by atoms with Crippen molar-refractivity contribution in [3.05, 3.63) is 51.9 Å². The number of hydrogen-bond acceptors (Lipinski definition) is 7. The Morgan fingerprint density at radius 2 is 2.19 bits per heavy atom. The fourth-order valence-electron chi connectivity index (χ4n) is 2.11. The second-order valence-electron chi connectivity index (χ2n) is 5.06. The quantitative estimate of drug-likeness (QED) is 0.458. The Labute approximate surface area is 162 Å². The number of nitrogens with zero attached hydrogens (tertiary/aromatic N) is 4. The smallest absolute Gasteiger partial charge is 0.212 e. The Morgan fingerprint density at radius 1 is 1.38 bits per heavy atom. The molecule has 0 saturated heterocycles. The molecular weight excluding hydrogens is 399 g/mol. The number of carboxylic acid groups (broad SMARTS) is 1. The molecule has 0 atom stereocenters. The first kappa shape index (κ1) is 18.5. The minimum absolute atomic E-state index is 0.282. The van der Waals surface area contributed by atoms with Gasteiger partial charge in [-0.1, -0.05) is 47.1 Å². The molecule has 0 unspecified atom stereocenters. The molecule has 1 aromatic carbocycles. The first-order chi connectivity index (χ1) is 12.5. The van der Waals surface area contributed by atoms with E-state index >= 15 is 0 Å². The van der Waals surface area contributed by atoms with Crippen LogP contribution in [0.4, 0.5) is 0 Å². The number of halogens is 2. The summed E-state index contributed by atoms with van der Waals surface area (Å²) in [6.07, 6.45) is 3.02. The summed E-state index contributed by atoms with van der Waals surface area (Å²) in [6, 6.07) is 6.89. The van der Waals surface area contributed by atoms with Gasteiger partial charge in [0.15, 0.2) is 5.82 Å². The number of aryl methyl sites for hydroxylation is 1. The van der Waals surface area contributed by atoms with Crippen molar-refractivity contribution in [3.63, 3.8) is 0 Å². The summed E-state index contributed by atoms with van der Waals surface area (Å²) < 4.78 is 6.72. The minimum Gasteiger partial charge on any atom is -0.549 e. The van der Waals surface area contributed by atoms with E-state index in [2.05, 4.69) is 15.3 Å². The average molecular weight is 410 g/mol. The maximum Gasteiger partial charge on any atom is 0.212 e. The summed E-state index contributed by atoms with van der Waals surface area (Å²) in [4.78, 5) is 10.8. The van der Waals surface area contributed by atoms with Crippen LogP contribution in [0.3, 0.4) is 0 Å². The van der Waals surface area contributed by atoms with E-state index in [0.717, 1.165) is 11.8 Å². The van der Waals surface area contributed by atoms with Gasteiger partial charge < -0.3 is 14.3 Å². The summed E-state index contributed by atoms with van der Waals surface area (Å²) in [6.45, 7) is 1.78. The predicted molar refractivity (Wildman–Crippen MR) is 97.6 cm³/mol. The van der Waals surface area contributed by atoms with E-state index in [-0.39, 0.29) is 5.75 Å². The number of thioether (sulfide) groups is 1. The Hall–Kier alpha value is -2.29. The van der Waals surface area contributed by atoms with Crippen LogP contribution < -0.4 is 5.11 Å². The molecule has 0 amide bonds. The standard InChI is InChI=1S/C16H12Cl2N4O3S/c1-9-11(5-6-25-9)15-20-21-16(26-8-13(23)24)22(15)19-7-10-3-2-4-12(17)14(10)18/h2-7H,8H2,1H3,(H,23,24)/p-1/b19-7-. The Bertz CT molecular complexity index is 984. The maximum absolute atomic E-state index is 10.8. The van der Waals surface area contributed by atoms with Crippen molar-refractivity contribution in [1.29, 1.82) is 0 Å². The zero-order valence-corrected chi connectivity index (χ0v) is 15.7. The third-order valence-electron chi connectivity index (χ3n) is 3.32. The van der Waals surface area contributed by atoms with Crippen LogP contribution in [0.15, 0.2) is 45.2 Å². The van der Waals surface area contributed by atoms with Crippen LogP contribution in [0, 0.1) is 6.92 Å².